The van der Waals surface area contributed by atoms with Gasteiger partial charge in [0.1, 0.15) is 11.4 Å². The number of rotatable bonds is 5. The van der Waals surface area contributed by atoms with Gasteiger partial charge in [0.15, 0.2) is 0 Å². The van der Waals surface area contributed by atoms with Gasteiger partial charge in [0.2, 0.25) is 0 Å². The first-order valence-electron chi connectivity index (χ1n) is 7.06. The number of ether oxygens (including phenoxy) is 1. The smallest absolute Gasteiger partial charge is 0.408 e. The topological polar surface area (TPSA) is 88.2 Å². The summed E-state index contributed by atoms with van der Waals surface area (Å²) in [7, 11) is 0. The summed E-state index contributed by atoms with van der Waals surface area (Å²) < 4.78 is 5.18. The van der Waals surface area contributed by atoms with Gasteiger partial charge in [-0.15, -0.1) is 0 Å². The van der Waals surface area contributed by atoms with Crippen molar-refractivity contribution in [2.75, 3.05) is 0 Å². The summed E-state index contributed by atoms with van der Waals surface area (Å²) in [6, 6.07) is 7.65. The molecule has 0 saturated carbocycles. The van der Waals surface area contributed by atoms with Crippen molar-refractivity contribution in [3.8, 4) is 0 Å². The highest BCUT2D eigenvalue weighted by Gasteiger charge is 2.20. The average Bonchev–Trinajstić information content (AvgIpc) is 2.33. The molecule has 4 N–H and O–H groups in total. The zero-order valence-electron chi connectivity index (χ0n) is 13.2. The van der Waals surface area contributed by atoms with E-state index in [1.54, 1.807) is 20.8 Å². The number of amides is 1. The summed E-state index contributed by atoms with van der Waals surface area (Å²) in [6.07, 6.45) is 0.754. The quantitative estimate of drug-likeness (QED) is 0.575. The Hall–Kier alpha value is -2.04. The van der Waals surface area contributed by atoms with Crippen LogP contribution in [0.1, 0.15) is 38.3 Å². The van der Waals surface area contributed by atoms with Crippen molar-refractivity contribution in [1.29, 1.82) is 5.41 Å². The first-order chi connectivity index (χ1) is 9.67. The normalized spacial score (nSPS) is 12.6. The van der Waals surface area contributed by atoms with Gasteiger partial charge < -0.3 is 15.8 Å². The monoisotopic (exact) mass is 291 g/mol. The highest BCUT2D eigenvalue weighted by Crippen LogP contribution is 2.10. The summed E-state index contributed by atoms with van der Waals surface area (Å²) >= 11 is 0. The van der Waals surface area contributed by atoms with Crippen molar-refractivity contribution >= 4 is 11.9 Å². The van der Waals surface area contributed by atoms with Crippen LogP contribution in [0.5, 0.6) is 0 Å². The first-order valence-corrected chi connectivity index (χ1v) is 7.06. The molecule has 1 rings (SSSR count). The molecule has 0 aromatic heterocycles. The van der Waals surface area contributed by atoms with Gasteiger partial charge in [-0.25, -0.2) is 4.79 Å². The highest BCUT2D eigenvalue weighted by molar-refractivity contribution is 5.86. The number of carbonyl (C=O) groups is 1. The maximum atomic E-state index is 11.7. The fraction of sp³-hybridized carbons (Fsp3) is 0.500. The van der Waals surface area contributed by atoms with Crippen LogP contribution in [0.4, 0.5) is 4.79 Å². The summed E-state index contributed by atoms with van der Waals surface area (Å²) in [4.78, 5) is 11.7. The van der Waals surface area contributed by atoms with Crippen LogP contribution in [0.3, 0.4) is 0 Å². The number of benzene rings is 1. The zero-order valence-corrected chi connectivity index (χ0v) is 13.2. The van der Waals surface area contributed by atoms with Gasteiger partial charge in [0.25, 0.3) is 0 Å². The lowest BCUT2D eigenvalue weighted by molar-refractivity contribution is 0.0516. The lowest BCUT2D eigenvalue weighted by atomic mass is 10.0. The molecular formula is C16H25N3O2. The van der Waals surface area contributed by atoms with E-state index in [0.29, 0.717) is 6.42 Å². The second kappa shape index (κ2) is 7.11. The standard InChI is InChI=1S/C16H25N3O2/c1-11-5-7-12(8-6-11)9-10-13(14(17)18)19-15(20)21-16(2,3)4/h5-8,13H,9-10H2,1-4H3,(H3,17,18)(H,19,20). The molecule has 0 aliphatic heterocycles. The molecule has 5 nitrogen and oxygen atoms in total. The van der Waals surface area contributed by atoms with E-state index in [9.17, 15) is 4.79 Å². The van der Waals surface area contributed by atoms with Crippen molar-refractivity contribution in [3.05, 3.63) is 35.4 Å². The van der Waals surface area contributed by atoms with E-state index < -0.39 is 17.7 Å². The zero-order chi connectivity index (χ0) is 16.0. The van der Waals surface area contributed by atoms with E-state index in [2.05, 4.69) is 5.32 Å². The summed E-state index contributed by atoms with van der Waals surface area (Å²) in [5.74, 6) is -0.0621. The first kappa shape index (κ1) is 17.0. The fourth-order valence-corrected chi connectivity index (χ4v) is 1.82. The molecule has 0 radical (unpaired) electrons. The van der Waals surface area contributed by atoms with E-state index >= 15 is 0 Å². The Morgan fingerprint density at radius 2 is 1.90 bits per heavy atom. The Bertz CT molecular complexity index is 489. The molecule has 0 saturated heterocycles. The lowest BCUT2D eigenvalue weighted by Crippen LogP contribution is -2.46. The van der Waals surface area contributed by atoms with Crippen molar-refractivity contribution < 1.29 is 9.53 Å². The van der Waals surface area contributed by atoms with Crippen LogP contribution in [0, 0.1) is 12.3 Å². The van der Waals surface area contributed by atoms with Gasteiger partial charge in [-0.1, -0.05) is 29.8 Å². The predicted molar refractivity (Wildman–Crippen MR) is 84.6 cm³/mol. The molecule has 0 heterocycles. The maximum absolute atomic E-state index is 11.7. The number of amidine groups is 1. The van der Waals surface area contributed by atoms with Gasteiger partial charge in [-0.2, -0.15) is 0 Å². The number of alkyl carbamates (subject to hydrolysis) is 1. The molecule has 0 bridgehead atoms. The van der Waals surface area contributed by atoms with Crippen LogP contribution in [0.2, 0.25) is 0 Å². The average molecular weight is 291 g/mol. The third-order valence-corrected chi connectivity index (χ3v) is 2.91. The molecule has 5 heteroatoms. The van der Waals surface area contributed by atoms with Gasteiger partial charge in [-0.3, -0.25) is 5.41 Å². The third-order valence-electron chi connectivity index (χ3n) is 2.91. The van der Waals surface area contributed by atoms with E-state index in [0.717, 1.165) is 12.0 Å². The predicted octanol–water partition coefficient (Wildman–Crippen LogP) is 2.76. The van der Waals surface area contributed by atoms with Crippen molar-refractivity contribution in [3.63, 3.8) is 0 Å². The van der Waals surface area contributed by atoms with Gasteiger partial charge >= 0.3 is 6.09 Å². The van der Waals surface area contributed by atoms with Gasteiger partial charge in [-0.05, 0) is 46.1 Å². The molecule has 116 valence electrons. The molecular weight excluding hydrogens is 266 g/mol. The minimum Gasteiger partial charge on any atom is -0.444 e. The van der Waals surface area contributed by atoms with Crippen LogP contribution < -0.4 is 11.1 Å². The highest BCUT2D eigenvalue weighted by atomic mass is 16.6. The van der Waals surface area contributed by atoms with Crippen molar-refractivity contribution in [2.45, 2.75) is 52.2 Å². The molecule has 1 aromatic rings. The van der Waals surface area contributed by atoms with E-state index in [1.165, 1.54) is 5.56 Å². The molecule has 0 aliphatic carbocycles. The minimum atomic E-state index is -0.567. The molecule has 1 atom stereocenters. The molecule has 1 aromatic carbocycles. The summed E-state index contributed by atoms with van der Waals surface area (Å²) in [5.41, 5.74) is 7.34. The number of nitrogens with two attached hydrogens (primary N) is 1. The number of nitrogens with one attached hydrogen (secondary N) is 2. The Labute approximate surface area is 126 Å². The second-order valence-electron chi connectivity index (χ2n) is 6.18. The fourth-order valence-electron chi connectivity index (χ4n) is 1.82. The number of hydrogen-bond acceptors (Lipinski definition) is 3. The molecule has 0 fully saturated rings. The van der Waals surface area contributed by atoms with E-state index in [4.69, 9.17) is 15.9 Å². The van der Waals surface area contributed by atoms with Crippen LogP contribution >= 0.6 is 0 Å². The Morgan fingerprint density at radius 1 is 1.33 bits per heavy atom. The Morgan fingerprint density at radius 3 is 2.38 bits per heavy atom. The van der Waals surface area contributed by atoms with Gasteiger partial charge in [0.05, 0.1) is 6.04 Å². The molecule has 21 heavy (non-hydrogen) atoms. The second-order valence-corrected chi connectivity index (χ2v) is 6.18. The number of carbonyl (C=O) groups excluding carboxylic acids is 1. The molecule has 1 amide bonds. The van der Waals surface area contributed by atoms with E-state index in [1.807, 2.05) is 31.2 Å². The van der Waals surface area contributed by atoms with Crippen molar-refractivity contribution in [1.82, 2.24) is 5.32 Å². The lowest BCUT2D eigenvalue weighted by Gasteiger charge is -2.23. The Balaban J connectivity index is 2.56. The Kier molecular flexibility index (Phi) is 5.76. The third kappa shape index (κ3) is 6.79. The van der Waals surface area contributed by atoms with Crippen LogP contribution in [-0.2, 0) is 11.2 Å². The van der Waals surface area contributed by atoms with Crippen molar-refractivity contribution in [2.24, 2.45) is 5.73 Å². The largest absolute Gasteiger partial charge is 0.444 e. The van der Waals surface area contributed by atoms with E-state index in [-0.39, 0.29) is 5.84 Å². The molecule has 0 spiro atoms. The minimum absolute atomic E-state index is 0.0621. The summed E-state index contributed by atoms with van der Waals surface area (Å²) in [5, 5.41) is 10.2. The summed E-state index contributed by atoms with van der Waals surface area (Å²) in [6.45, 7) is 7.41. The molecule has 1 unspecified atom stereocenters. The SMILES string of the molecule is Cc1ccc(CCC(NC(=O)OC(C)(C)C)C(=N)N)cc1. The maximum Gasteiger partial charge on any atom is 0.408 e. The van der Waals surface area contributed by atoms with Crippen LogP contribution in [-0.4, -0.2) is 23.6 Å². The number of aryl methyl sites for hydroxylation is 2. The van der Waals surface area contributed by atoms with Crippen LogP contribution in [0.25, 0.3) is 0 Å². The van der Waals surface area contributed by atoms with Gasteiger partial charge in [0, 0.05) is 0 Å². The number of hydrogen-bond donors (Lipinski definition) is 3. The molecule has 0 aliphatic rings. The van der Waals surface area contributed by atoms with Crippen LogP contribution in [0.15, 0.2) is 24.3 Å².